The molecule has 0 unspecified atom stereocenters. The number of nitrogens with two attached hydrogens (primary N) is 1. The molecule has 0 aromatic heterocycles. The molecule has 1 fully saturated rings. The maximum atomic E-state index is 14.4. The Morgan fingerprint density at radius 3 is 2.74 bits per heavy atom. The van der Waals surface area contributed by atoms with Gasteiger partial charge in [-0.2, -0.15) is 4.39 Å². The van der Waals surface area contributed by atoms with Gasteiger partial charge in [0, 0.05) is 17.5 Å². The van der Waals surface area contributed by atoms with Crippen molar-refractivity contribution in [1.29, 1.82) is 0 Å². The normalized spacial score (nSPS) is 19.7. The van der Waals surface area contributed by atoms with Crippen LogP contribution in [0, 0.1) is 5.82 Å². The number of halogens is 1. The lowest BCUT2D eigenvalue weighted by Crippen LogP contribution is -2.32. The monoisotopic (exact) mass is 267 g/mol. The van der Waals surface area contributed by atoms with Gasteiger partial charge in [-0.05, 0) is 18.9 Å². The quantitative estimate of drug-likeness (QED) is 0.913. The highest BCUT2D eigenvalue weighted by molar-refractivity contribution is 5.56. The van der Waals surface area contributed by atoms with E-state index in [-0.39, 0.29) is 23.7 Å². The smallest absolute Gasteiger partial charge is 0.231 e. The van der Waals surface area contributed by atoms with Crippen LogP contribution in [-0.2, 0) is 5.41 Å². The Bertz CT molecular complexity index is 498. The molecule has 0 saturated heterocycles. The summed E-state index contributed by atoms with van der Waals surface area (Å²) in [6, 6.07) is 1.84. The molecule has 104 valence electrons. The minimum Gasteiger partial charge on any atom is -0.493 e. The van der Waals surface area contributed by atoms with E-state index in [4.69, 9.17) is 19.9 Å². The fourth-order valence-electron chi connectivity index (χ4n) is 3.21. The number of ether oxygens (including phenoxy) is 3. The molecule has 1 aliphatic heterocycles. The van der Waals surface area contributed by atoms with Crippen molar-refractivity contribution in [2.75, 3.05) is 20.4 Å². The van der Waals surface area contributed by atoms with Gasteiger partial charge >= 0.3 is 0 Å². The third-order valence-electron chi connectivity index (χ3n) is 4.29. The van der Waals surface area contributed by atoms with Crippen LogP contribution in [0.2, 0.25) is 0 Å². The van der Waals surface area contributed by atoms with Gasteiger partial charge in [-0.25, -0.2) is 0 Å². The van der Waals surface area contributed by atoms with Crippen LogP contribution >= 0.6 is 0 Å². The zero-order valence-electron chi connectivity index (χ0n) is 11.0. The zero-order chi connectivity index (χ0) is 13.5. The minimum atomic E-state index is -0.479. The Hall–Kier alpha value is -1.49. The second-order valence-electron chi connectivity index (χ2n) is 5.20. The van der Waals surface area contributed by atoms with Crippen molar-refractivity contribution in [3.05, 3.63) is 17.4 Å². The average molecular weight is 267 g/mol. The van der Waals surface area contributed by atoms with Gasteiger partial charge in [-0.15, -0.1) is 0 Å². The van der Waals surface area contributed by atoms with Gasteiger partial charge < -0.3 is 19.9 Å². The second kappa shape index (κ2) is 4.56. The summed E-state index contributed by atoms with van der Waals surface area (Å²) < 4.78 is 30.2. The summed E-state index contributed by atoms with van der Waals surface area (Å²) >= 11 is 0. The number of benzene rings is 1. The van der Waals surface area contributed by atoms with Crippen LogP contribution in [-0.4, -0.2) is 20.4 Å². The van der Waals surface area contributed by atoms with Gasteiger partial charge in [0.15, 0.2) is 11.5 Å². The molecule has 0 bridgehead atoms. The number of hydrogen-bond donors (Lipinski definition) is 1. The van der Waals surface area contributed by atoms with Crippen LogP contribution in [0.3, 0.4) is 0 Å². The van der Waals surface area contributed by atoms with Gasteiger partial charge in [-0.1, -0.05) is 12.8 Å². The molecule has 1 aliphatic carbocycles. The Balaban J connectivity index is 2.17. The van der Waals surface area contributed by atoms with E-state index in [0.717, 1.165) is 31.2 Å². The van der Waals surface area contributed by atoms with E-state index in [1.54, 1.807) is 0 Å². The fraction of sp³-hybridized carbons (Fsp3) is 0.571. The third-order valence-corrected chi connectivity index (χ3v) is 4.29. The topological polar surface area (TPSA) is 53.7 Å². The van der Waals surface area contributed by atoms with Crippen molar-refractivity contribution >= 4 is 0 Å². The van der Waals surface area contributed by atoms with E-state index in [0.29, 0.717) is 12.3 Å². The van der Waals surface area contributed by atoms with E-state index in [1.807, 2.05) is 6.07 Å². The molecule has 19 heavy (non-hydrogen) atoms. The third kappa shape index (κ3) is 1.75. The molecule has 0 amide bonds. The molecule has 1 saturated carbocycles. The molecule has 5 heteroatoms. The van der Waals surface area contributed by atoms with Gasteiger partial charge in [0.1, 0.15) is 0 Å². The molecule has 4 nitrogen and oxygen atoms in total. The summed E-state index contributed by atoms with van der Waals surface area (Å²) in [5.74, 6) is 0.364. The van der Waals surface area contributed by atoms with Crippen LogP contribution in [0.5, 0.6) is 17.2 Å². The van der Waals surface area contributed by atoms with Gasteiger partial charge in [0.25, 0.3) is 0 Å². The average Bonchev–Trinajstić information content (AvgIpc) is 3.08. The Labute approximate surface area is 111 Å². The zero-order valence-corrected chi connectivity index (χ0v) is 11.0. The number of methoxy groups -OCH3 is 1. The predicted octanol–water partition coefficient (Wildman–Crippen LogP) is 2.33. The van der Waals surface area contributed by atoms with E-state index in [9.17, 15) is 4.39 Å². The highest BCUT2D eigenvalue weighted by atomic mass is 19.1. The first kappa shape index (κ1) is 12.5. The van der Waals surface area contributed by atoms with Crippen LogP contribution in [0.4, 0.5) is 4.39 Å². The molecule has 1 aromatic rings. The summed E-state index contributed by atoms with van der Waals surface area (Å²) in [6.45, 7) is 0.539. The van der Waals surface area contributed by atoms with E-state index < -0.39 is 5.82 Å². The first-order chi connectivity index (χ1) is 9.22. The lowest BCUT2D eigenvalue weighted by molar-refractivity contribution is 0.170. The maximum Gasteiger partial charge on any atom is 0.231 e. The van der Waals surface area contributed by atoms with Gasteiger partial charge in [-0.3, -0.25) is 0 Å². The highest BCUT2D eigenvalue weighted by Gasteiger charge is 2.40. The SMILES string of the molecule is COc1c(C2(CN)CCCC2)cc2c(c1F)OCO2. The largest absolute Gasteiger partial charge is 0.493 e. The Morgan fingerprint density at radius 2 is 2.11 bits per heavy atom. The molecule has 2 N–H and O–H groups in total. The van der Waals surface area contributed by atoms with E-state index >= 15 is 0 Å². The first-order valence-electron chi connectivity index (χ1n) is 6.58. The lowest BCUT2D eigenvalue weighted by atomic mass is 9.78. The molecule has 0 radical (unpaired) electrons. The Morgan fingerprint density at radius 1 is 1.37 bits per heavy atom. The van der Waals surface area contributed by atoms with Crippen LogP contribution < -0.4 is 19.9 Å². The van der Waals surface area contributed by atoms with Crippen molar-refractivity contribution in [3.8, 4) is 17.2 Å². The summed E-state index contributed by atoms with van der Waals surface area (Å²) in [5.41, 5.74) is 6.58. The molecule has 2 aliphatic rings. The summed E-state index contributed by atoms with van der Waals surface area (Å²) in [7, 11) is 1.48. The molecule has 0 spiro atoms. The molecule has 3 rings (SSSR count). The second-order valence-corrected chi connectivity index (χ2v) is 5.20. The lowest BCUT2D eigenvalue weighted by Gasteiger charge is -2.29. The molecule has 1 aromatic carbocycles. The van der Waals surface area contributed by atoms with Gasteiger partial charge in [0.2, 0.25) is 18.4 Å². The number of hydrogen-bond acceptors (Lipinski definition) is 4. The fourth-order valence-corrected chi connectivity index (χ4v) is 3.21. The van der Waals surface area contributed by atoms with Crippen molar-refractivity contribution < 1.29 is 18.6 Å². The number of fused-ring (bicyclic) bond motifs is 1. The summed E-state index contributed by atoms with van der Waals surface area (Å²) in [5, 5.41) is 0. The molecular formula is C14H18FNO3. The summed E-state index contributed by atoms with van der Waals surface area (Å²) in [6.07, 6.45) is 4.13. The van der Waals surface area contributed by atoms with Crippen LogP contribution in [0.25, 0.3) is 0 Å². The van der Waals surface area contributed by atoms with Crippen molar-refractivity contribution in [2.45, 2.75) is 31.1 Å². The predicted molar refractivity (Wildman–Crippen MR) is 68.3 cm³/mol. The Kier molecular flexibility index (Phi) is 3.01. The van der Waals surface area contributed by atoms with Crippen LogP contribution in [0.1, 0.15) is 31.2 Å². The minimum absolute atomic E-state index is 0.0501. The maximum absolute atomic E-state index is 14.4. The van der Waals surface area contributed by atoms with E-state index in [2.05, 4.69) is 0 Å². The molecular weight excluding hydrogens is 249 g/mol. The van der Waals surface area contributed by atoms with Crippen molar-refractivity contribution in [1.82, 2.24) is 0 Å². The van der Waals surface area contributed by atoms with E-state index in [1.165, 1.54) is 7.11 Å². The van der Waals surface area contributed by atoms with Gasteiger partial charge in [0.05, 0.1) is 7.11 Å². The first-order valence-corrected chi connectivity index (χ1v) is 6.58. The van der Waals surface area contributed by atoms with Crippen molar-refractivity contribution in [2.24, 2.45) is 5.73 Å². The summed E-state index contributed by atoms with van der Waals surface area (Å²) in [4.78, 5) is 0. The van der Waals surface area contributed by atoms with Crippen LogP contribution in [0.15, 0.2) is 6.07 Å². The highest BCUT2D eigenvalue weighted by Crippen LogP contribution is 2.50. The van der Waals surface area contributed by atoms with Crippen molar-refractivity contribution in [3.63, 3.8) is 0 Å². The molecule has 0 atom stereocenters. The molecule has 1 heterocycles. The standard InChI is InChI=1S/C14H18FNO3/c1-17-12-9(14(7-16)4-2-3-5-14)6-10-13(11(12)15)19-8-18-10/h6H,2-5,7-8,16H2,1H3. The number of rotatable bonds is 3.